The first-order valence-corrected chi connectivity index (χ1v) is 6.42. The lowest BCUT2D eigenvalue weighted by Gasteiger charge is -2.13. The van der Waals surface area contributed by atoms with Gasteiger partial charge in [-0.05, 0) is 49.3 Å². The van der Waals surface area contributed by atoms with E-state index in [1.165, 1.54) is 36.8 Å². The van der Waals surface area contributed by atoms with E-state index in [9.17, 15) is 0 Å². The van der Waals surface area contributed by atoms with Crippen molar-refractivity contribution in [2.24, 2.45) is 5.92 Å². The molecule has 0 aliphatic heterocycles. The third-order valence-electron chi connectivity index (χ3n) is 3.85. The quantitative estimate of drug-likeness (QED) is 0.840. The van der Waals surface area contributed by atoms with Crippen LogP contribution >= 0.6 is 0 Å². The molecule has 1 aliphatic carbocycles. The predicted molar refractivity (Wildman–Crippen MR) is 67.2 cm³/mol. The van der Waals surface area contributed by atoms with E-state index < -0.39 is 0 Å². The van der Waals surface area contributed by atoms with Crippen LogP contribution in [0.4, 0.5) is 0 Å². The van der Waals surface area contributed by atoms with Crippen molar-refractivity contribution >= 4 is 0 Å². The van der Waals surface area contributed by atoms with Crippen LogP contribution in [0, 0.1) is 12.8 Å². The average Bonchev–Trinajstić information content (AvgIpc) is 2.76. The highest BCUT2D eigenvalue weighted by Crippen LogP contribution is 2.28. The van der Waals surface area contributed by atoms with Crippen molar-refractivity contribution < 1.29 is 0 Å². The molecule has 1 aromatic rings. The predicted octanol–water partition coefficient (Wildman–Crippen LogP) is 3.06. The van der Waals surface area contributed by atoms with Crippen LogP contribution in [0.3, 0.4) is 0 Å². The van der Waals surface area contributed by atoms with Crippen LogP contribution in [0.15, 0.2) is 18.5 Å². The maximum Gasteiger partial charge on any atom is 0.0315 e. The number of aryl methyl sites for hydroxylation is 1. The number of pyridine rings is 1. The molecule has 1 N–H and O–H groups in total. The van der Waals surface area contributed by atoms with Gasteiger partial charge in [0.1, 0.15) is 0 Å². The normalized spacial score (nSPS) is 24.9. The van der Waals surface area contributed by atoms with E-state index in [0.29, 0.717) is 0 Å². The number of nitrogens with zero attached hydrogens (tertiary/aromatic N) is 1. The van der Waals surface area contributed by atoms with Crippen LogP contribution in [0.5, 0.6) is 0 Å². The van der Waals surface area contributed by atoms with Crippen LogP contribution in [-0.4, -0.2) is 11.0 Å². The Labute approximate surface area is 98.5 Å². The van der Waals surface area contributed by atoms with Crippen LogP contribution in [-0.2, 0) is 6.54 Å². The van der Waals surface area contributed by atoms with Gasteiger partial charge in [0.15, 0.2) is 0 Å². The maximum absolute atomic E-state index is 4.18. The molecule has 1 heterocycles. The fourth-order valence-electron chi connectivity index (χ4n) is 2.57. The molecule has 1 saturated carbocycles. The molecule has 2 unspecified atom stereocenters. The highest BCUT2D eigenvalue weighted by atomic mass is 14.9. The molecule has 2 heteroatoms. The number of nitrogens with one attached hydrogen (secondary N) is 1. The van der Waals surface area contributed by atoms with Crippen LogP contribution in [0.2, 0.25) is 0 Å². The minimum atomic E-state index is 0.726. The number of rotatable bonds is 4. The fraction of sp³-hybridized carbons (Fsp3) is 0.643. The Morgan fingerprint density at radius 3 is 3.00 bits per heavy atom. The highest BCUT2D eigenvalue weighted by Gasteiger charge is 2.22. The van der Waals surface area contributed by atoms with Gasteiger partial charge in [0.05, 0.1) is 0 Å². The minimum absolute atomic E-state index is 0.726. The standard InChI is InChI=1S/C14H22N2/c1-3-12-4-5-14(8-12)16-10-13-9-15-7-6-11(13)2/h6-7,9,12,14,16H,3-5,8,10H2,1-2H3. The van der Waals surface area contributed by atoms with Gasteiger partial charge in [-0.1, -0.05) is 13.3 Å². The molecule has 0 radical (unpaired) electrons. The summed E-state index contributed by atoms with van der Waals surface area (Å²) < 4.78 is 0. The van der Waals surface area contributed by atoms with Gasteiger partial charge >= 0.3 is 0 Å². The largest absolute Gasteiger partial charge is 0.310 e. The monoisotopic (exact) mass is 218 g/mol. The Balaban J connectivity index is 1.82. The molecule has 2 atom stereocenters. The zero-order valence-electron chi connectivity index (χ0n) is 10.4. The van der Waals surface area contributed by atoms with Crippen molar-refractivity contribution in [1.29, 1.82) is 0 Å². The average molecular weight is 218 g/mol. The first-order valence-electron chi connectivity index (χ1n) is 6.42. The summed E-state index contributed by atoms with van der Waals surface area (Å²) in [6.07, 6.45) is 9.29. The zero-order valence-corrected chi connectivity index (χ0v) is 10.4. The van der Waals surface area contributed by atoms with Crippen LogP contribution in [0.1, 0.15) is 43.7 Å². The van der Waals surface area contributed by atoms with Gasteiger partial charge in [0.25, 0.3) is 0 Å². The Morgan fingerprint density at radius 2 is 2.31 bits per heavy atom. The molecule has 16 heavy (non-hydrogen) atoms. The van der Waals surface area contributed by atoms with E-state index in [1.807, 2.05) is 12.4 Å². The molecule has 0 saturated heterocycles. The fourth-order valence-corrected chi connectivity index (χ4v) is 2.57. The highest BCUT2D eigenvalue weighted by molar-refractivity contribution is 5.21. The van der Waals surface area contributed by atoms with Gasteiger partial charge < -0.3 is 5.32 Å². The molecule has 0 bridgehead atoms. The van der Waals surface area contributed by atoms with Crippen LogP contribution in [0.25, 0.3) is 0 Å². The van der Waals surface area contributed by atoms with Crippen molar-refractivity contribution in [2.75, 3.05) is 0 Å². The van der Waals surface area contributed by atoms with E-state index in [4.69, 9.17) is 0 Å². The summed E-state index contributed by atoms with van der Waals surface area (Å²) in [5, 5.41) is 3.66. The summed E-state index contributed by atoms with van der Waals surface area (Å²) in [6, 6.07) is 2.81. The molecule has 2 nitrogen and oxygen atoms in total. The van der Waals surface area contributed by atoms with E-state index in [2.05, 4.69) is 30.2 Å². The first kappa shape index (κ1) is 11.6. The van der Waals surface area contributed by atoms with Gasteiger partial charge in [-0.25, -0.2) is 0 Å². The summed E-state index contributed by atoms with van der Waals surface area (Å²) >= 11 is 0. The van der Waals surface area contributed by atoms with E-state index in [0.717, 1.165) is 18.5 Å². The summed E-state index contributed by atoms with van der Waals surface area (Å²) in [7, 11) is 0. The third-order valence-corrected chi connectivity index (χ3v) is 3.85. The second kappa shape index (κ2) is 5.44. The molecule has 1 aliphatic rings. The van der Waals surface area contributed by atoms with Crippen molar-refractivity contribution in [3.8, 4) is 0 Å². The van der Waals surface area contributed by atoms with Gasteiger partial charge in [-0.3, -0.25) is 4.98 Å². The number of hydrogen-bond donors (Lipinski definition) is 1. The van der Waals surface area contributed by atoms with Crippen molar-refractivity contribution in [2.45, 2.75) is 52.1 Å². The SMILES string of the molecule is CCC1CCC(NCc2cnccc2C)C1. The molecule has 1 fully saturated rings. The lowest BCUT2D eigenvalue weighted by Crippen LogP contribution is -2.26. The topological polar surface area (TPSA) is 24.9 Å². The van der Waals surface area contributed by atoms with Crippen molar-refractivity contribution in [3.05, 3.63) is 29.6 Å². The minimum Gasteiger partial charge on any atom is -0.310 e. The van der Waals surface area contributed by atoms with E-state index in [1.54, 1.807) is 0 Å². The lowest BCUT2D eigenvalue weighted by molar-refractivity contribution is 0.476. The Kier molecular flexibility index (Phi) is 3.94. The maximum atomic E-state index is 4.18. The summed E-state index contributed by atoms with van der Waals surface area (Å²) in [5.74, 6) is 0.951. The summed E-state index contributed by atoms with van der Waals surface area (Å²) in [4.78, 5) is 4.18. The third kappa shape index (κ3) is 2.82. The molecule has 0 aromatic carbocycles. The van der Waals surface area contributed by atoms with Gasteiger partial charge in [-0.2, -0.15) is 0 Å². The van der Waals surface area contributed by atoms with Gasteiger partial charge in [0, 0.05) is 25.0 Å². The summed E-state index contributed by atoms with van der Waals surface area (Å²) in [5.41, 5.74) is 2.68. The number of hydrogen-bond acceptors (Lipinski definition) is 2. The second-order valence-electron chi connectivity index (χ2n) is 4.97. The zero-order chi connectivity index (χ0) is 11.4. The molecule has 88 valence electrons. The van der Waals surface area contributed by atoms with Gasteiger partial charge in [0.2, 0.25) is 0 Å². The van der Waals surface area contributed by atoms with Crippen molar-refractivity contribution in [3.63, 3.8) is 0 Å². The van der Waals surface area contributed by atoms with Crippen LogP contribution < -0.4 is 5.32 Å². The second-order valence-corrected chi connectivity index (χ2v) is 4.97. The van der Waals surface area contributed by atoms with E-state index in [-0.39, 0.29) is 0 Å². The Bertz CT molecular complexity index is 335. The Morgan fingerprint density at radius 1 is 1.44 bits per heavy atom. The molecule has 0 amide bonds. The molecular formula is C14H22N2. The Hall–Kier alpha value is -0.890. The molecule has 1 aromatic heterocycles. The van der Waals surface area contributed by atoms with Gasteiger partial charge in [-0.15, -0.1) is 0 Å². The lowest BCUT2D eigenvalue weighted by atomic mass is 10.1. The van der Waals surface area contributed by atoms with E-state index >= 15 is 0 Å². The molecule has 2 rings (SSSR count). The number of aromatic nitrogens is 1. The smallest absolute Gasteiger partial charge is 0.0315 e. The molecular weight excluding hydrogens is 196 g/mol. The van der Waals surface area contributed by atoms with Crippen molar-refractivity contribution in [1.82, 2.24) is 10.3 Å². The summed E-state index contributed by atoms with van der Waals surface area (Å²) in [6.45, 7) is 5.43. The first-order chi connectivity index (χ1) is 7.79. The molecule has 0 spiro atoms.